The third kappa shape index (κ3) is 3.55. The van der Waals surface area contributed by atoms with E-state index in [-0.39, 0.29) is 18.4 Å². The van der Waals surface area contributed by atoms with Crippen LogP contribution in [0.1, 0.15) is 10.5 Å². The number of ether oxygens (including phenoxy) is 1. The molecule has 20 heavy (non-hydrogen) atoms. The Labute approximate surface area is 125 Å². The zero-order chi connectivity index (χ0) is 14.5. The van der Waals surface area contributed by atoms with Gasteiger partial charge in [-0.05, 0) is 28.1 Å². The van der Waals surface area contributed by atoms with Crippen LogP contribution in [0.15, 0.2) is 22.8 Å². The number of piperazine rings is 1. The standard InChI is InChI=1S/C13H16BrN3O3/c1-20-9-12(18)16-5-7-17(8-6-16)13(19)10-3-2-4-11(14)15-10/h2-4H,5-9H2,1H3. The minimum atomic E-state index is -0.106. The number of hydrogen-bond donors (Lipinski definition) is 0. The summed E-state index contributed by atoms with van der Waals surface area (Å²) in [6, 6.07) is 5.25. The number of methoxy groups -OCH3 is 1. The first-order chi connectivity index (χ1) is 9.61. The highest BCUT2D eigenvalue weighted by Crippen LogP contribution is 2.11. The lowest BCUT2D eigenvalue weighted by Gasteiger charge is -2.34. The average molecular weight is 342 g/mol. The lowest BCUT2D eigenvalue weighted by atomic mass is 10.2. The van der Waals surface area contributed by atoms with Gasteiger partial charge in [-0.25, -0.2) is 4.98 Å². The Hall–Kier alpha value is -1.47. The van der Waals surface area contributed by atoms with Gasteiger partial charge in [-0.2, -0.15) is 0 Å². The number of rotatable bonds is 3. The van der Waals surface area contributed by atoms with Crippen molar-refractivity contribution in [3.63, 3.8) is 0 Å². The monoisotopic (exact) mass is 341 g/mol. The van der Waals surface area contributed by atoms with Crippen molar-refractivity contribution in [2.24, 2.45) is 0 Å². The molecule has 0 radical (unpaired) electrons. The van der Waals surface area contributed by atoms with Gasteiger partial charge in [-0.15, -0.1) is 0 Å². The van der Waals surface area contributed by atoms with E-state index in [1.807, 2.05) is 0 Å². The molecule has 2 amide bonds. The maximum Gasteiger partial charge on any atom is 0.272 e. The highest BCUT2D eigenvalue weighted by molar-refractivity contribution is 9.10. The van der Waals surface area contributed by atoms with Crippen LogP contribution in [0.3, 0.4) is 0 Å². The quantitative estimate of drug-likeness (QED) is 0.762. The molecule has 1 aliphatic rings. The zero-order valence-corrected chi connectivity index (χ0v) is 12.8. The molecule has 7 heteroatoms. The topological polar surface area (TPSA) is 62.7 Å². The molecule has 0 saturated carbocycles. The third-order valence-corrected chi connectivity index (χ3v) is 3.56. The summed E-state index contributed by atoms with van der Waals surface area (Å²) >= 11 is 3.25. The van der Waals surface area contributed by atoms with Crippen LogP contribution in [0.2, 0.25) is 0 Å². The summed E-state index contributed by atoms with van der Waals surface area (Å²) in [7, 11) is 1.50. The van der Waals surface area contributed by atoms with Crippen LogP contribution in [0.5, 0.6) is 0 Å². The van der Waals surface area contributed by atoms with Gasteiger partial charge in [0.05, 0.1) is 0 Å². The van der Waals surface area contributed by atoms with E-state index in [1.165, 1.54) is 7.11 Å². The van der Waals surface area contributed by atoms with Crippen molar-refractivity contribution in [3.8, 4) is 0 Å². The normalized spacial score (nSPS) is 15.3. The summed E-state index contributed by atoms with van der Waals surface area (Å²) in [5.74, 6) is -0.148. The fourth-order valence-corrected chi connectivity index (χ4v) is 2.41. The maximum atomic E-state index is 12.3. The van der Waals surface area contributed by atoms with Gasteiger partial charge in [-0.1, -0.05) is 6.07 Å². The predicted octanol–water partition coefficient (Wildman–Crippen LogP) is 0.775. The number of carbonyl (C=O) groups excluding carboxylic acids is 2. The molecule has 2 rings (SSSR count). The van der Waals surface area contributed by atoms with Gasteiger partial charge in [0, 0.05) is 33.3 Å². The van der Waals surface area contributed by atoms with Crippen LogP contribution in [-0.2, 0) is 9.53 Å². The molecule has 108 valence electrons. The van der Waals surface area contributed by atoms with Crippen LogP contribution in [0.25, 0.3) is 0 Å². The number of pyridine rings is 1. The Morgan fingerprint density at radius 3 is 2.50 bits per heavy atom. The second kappa shape index (κ2) is 6.81. The van der Waals surface area contributed by atoms with Gasteiger partial charge in [0.25, 0.3) is 5.91 Å². The van der Waals surface area contributed by atoms with E-state index in [4.69, 9.17) is 4.74 Å². The van der Waals surface area contributed by atoms with Gasteiger partial charge >= 0.3 is 0 Å². The average Bonchev–Trinajstić information content (AvgIpc) is 2.47. The van der Waals surface area contributed by atoms with Crippen molar-refractivity contribution in [2.75, 3.05) is 39.9 Å². The molecule has 0 atom stereocenters. The van der Waals surface area contributed by atoms with E-state index in [9.17, 15) is 9.59 Å². The highest BCUT2D eigenvalue weighted by Gasteiger charge is 2.25. The van der Waals surface area contributed by atoms with E-state index >= 15 is 0 Å². The van der Waals surface area contributed by atoms with Crippen LogP contribution < -0.4 is 0 Å². The molecule has 1 aliphatic heterocycles. The van der Waals surface area contributed by atoms with Crippen molar-refractivity contribution < 1.29 is 14.3 Å². The largest absolute Gasteiger partial charge is 0.375 e. The van der Waals surface area contributed by atoms with Gasteiger partial charge in [0.15, 0.2) is 0 Å². The molecule has 0 bridgehead atoms. The molecule has 0 N–H and O–H groups in total. The molecule has 1 aromatic rings. The molecule has 2 heterocycles. The summed E-state index contributed by atoms with van der Waals surface area (Å²) in [5, 5.41) is 0. The zero-order valence-electron chi connectivity index (χ0n) is 11.2. The third-order valence-electron chi connectivity index (χ3n) is 3.12. The minimum absolute atomic E-state index is 0.0415. The van der Waals surface area contributed by atoms with Crippen molar-refractivity contribution in [2.45, 2.75) is 0 Å². The van der Waals surface area contributed by atoms with E-state index in [2.05, 4.69) is 20.9 Å². The van der Waals surface area contributed by atoms with Crippen LogP contribution in [-0.4, -0.2) is 66.5 Å². The lowest BCUT2D eigenvalue weighted by Crippen LogP contribution is -2.51. The molecule has 1 fully saturated rings. The van der Waals surface area contributed by atoms with E-state index in [0.717, 1.165) is 0 Å². The predicted molar refractivity (Wildman–Crippen MR) is 76.3 cm³/mol. The van der Waals surface area contributed by atoms with Crippen molar-refractivity contribution in [1.82, 2.24) is 14.8 Å². The molecular weight excluding hydrogens is 326 g/mol. The number of carbonyl (C=O) groups is 2. The minimum Gasteiger partial charge on any atom is -0.375 e. The second-order valence-electron chi connectivity index (χ2n) is 4.45. The summed E-state index contributed by atoms with van der Waals surface area (Å²) in [4.78, 5) is 31.5. The molecule has 0 spiro atoms. The molecule has 6 nitrogen and oxygen atoms in total. The van der Waals surface area contributed by atoms with Crippen molar-refractivity contribution in [3.05, 3.63) is 28.5 Å². The Bertz CT molecular complexity index is 501. The molecule has 0 aliphatic carbocycles. The second-order valence-corrected chi connectivity index (χ2v) is 5.26. The Morgan fingerprint density at radius 2 is 1.90 bits per heavy atom. The van der Waals surface area contributed by atoms with E-state index in [1.54, 1.807) is 28.0 Å². The molecule has 0 unspecified atom stereocenters. The summed E-state index contributed by atoms with van der Waals surface area (Å²) in [5.41, 5.74) is 0.413. The van der Waals surface area contributed by atoms with E-state index in [0.29, 0.717) is 36.5 Å². The number of halogens is 1. The molecule has 1 aromatic heterocycles. The Morgan fingerprint density at radius 1 is 1.25 bits per heavy atom. The first kappa shape index (κ1) is 14.9. The molecular formula is C13H16BrN3O3. The SMILES string of the molecule is COCC(=O)N1CCN(C(=O)c2cccc(Br)n2)CC1. The van der Waals surface area contributed by atoms with E-state index < -0.39 is 0 Å². The number of amides is 2. The van der Waals surface area contributed by atoms with Crippen LogP contribution in [0, 0.1) is 0 Å². The van der Waals surface area contributed by atoms with Crippen molar-refractivity contribution >= 4 is 27.7 Å². The fourth-order valence-electron chi connectivity index (χ4n) is 2.06. The van der Waals surface area contributed by atoms with Crippen LogP contribution >= 0.6 is 15.9 Å². The van der Waals surface area contributed by atoms with Gasteiger partial charge in [0.2, 0.25) is 5.91 Å². The van der Waals surface area contributed by atoms with Gasteiger partial charge in [-0.3, -0.25) is 9.59 Å². The molecule has 0 aromatic carbocycles. The Kier molecular flexibility index (Phi) is 5.08. The number of hydrogen-bond acceptors (Lipinski definition) is 4. The maximum absolute atomic E-state index is 12.3. The van der Waals surface area contributed by atoms with Crippen LogP contribution in [0.4, 0.5) is 0 Å². The summed E-state index contributed by atoms with van der Waals surface area (Å²) in [6.45, 7) is 2.18. The first-order valence-electron chi connectivity index (χ1n) is 6.30. The first-order valence-corrected chi connectivity index (χ1v) is 7.09. The highest BCUT2D eigenvalue weighted by atomic mass is 79.9. The van der Waals surface area contributed by atoms with Gasteiger partial charge in [0.1, 0.15) is 16.9 Å². The Balaban J connectivity index is 1.93. The lowest BCUT2D eigenvalue weighted by molar-refractivity contribution is -0.136. The summed E-state index contributed by atoms with van der Waals surface area (Å²) in [6.07, 6.45) is 0. The number of nitrogens with zero attached hydrogens (tertiary/aromatic N) is 3. The number of aromatic nitrogens is 1. The van der Waals surface area contributed by atoms with Crippen molar-refractivity contribution in [1.29, 1.82) is 0 Å². The van der Waals surface area contributed by atoms with Gasteiger partial charge < -0.3 is 14.5 Å². The summed E-state index contributed by atoms with van der Waals surface area (Å²) < 4.78 is 5.46. The smallest absolute Gasteiger partial charge is 0.272 e. The molecule has 1 saturated heterocycles. The fraction of sp³-hybridized carbons (Fsp3) is 0.462.